The Morgan fingerprint density at radius 2 is 1.44 bits per heavy atom. The van der Waals surface area contributed by atoms with Crippen LogP contribution < -0.4 is 16.0 Å². The standard InChI is InChI=1S/C31H40N4O6/c1-19(2)26(29(38)40-6)35-28(37)25(17-21-18-32-23-15-11-10-14-22(21)23)33-27(36)24(16-20-12-8-7-9-13-20)34-30(39)41-31(3,4)5/h7-15,18-19,24-26,32H,16-17H2,1-6H3,(H,33,36)(H,34,39)(H,35,37)/t24-,25-,26-/m1/s1. The Morgan fingerprint density at radius 1 is 0.829 bits per heavy atom. The largest absolute Gasteiger partial charge is 0.467 e. The van der Waals surface area contributed by atoms with Crippen molar-refractivity contribution in [3.05, 3.63) is 71.9 Å². The van der Waals surface area contributed by atoms with Crippen LogP contribution in [-0.2, 0) is 36.7 Å². The molecule has 0 radical (unpaired) electrons. The lowest BCUT2D eigenvalue weighted by atomic mass is 10.00. The molecular formula is C31H40N4O6. The van der Waals surface area contributed by atoms with Gasteiger partial charge in [0.15, 0.2) is 0 Å². The molecule has 4 N–H and O–H groups in total. The van der Waals surface area contributed by atoms with Gasteiger partial charge in [0.1, 0.15) is 23.7 Å². The Balaban J connectivity index is 1.90. The number of methoxy groups -OCH3 is 1. The summed E-state index contributed by atoms with van der Waals surface area (Å²) in [6, 6.07) is 13.8. The molecule has 220 valence electrons. The second-order valence-electron chi connectivity index (χ2n) is 11.3. The van der Waals surface area contributed by atoms with Crippen LogP contribution >= 0.6 is 0 Å². The molecule has 3 rings (SSSR count). The Hall–Kier alpha value is -4.34. The summed E-state index contributed by atoms with van der Waals surface area (Å²) in [6.45, 7) is 8.76. The zero-order valence-corrected chi connectivity index (χ0v) is 24.4. The fourth-order valence-electron chi connectivity index (χ4n) is 4.39. The lowest BCUT2D eigenvalue weighted by molar-refractivity contribution is -0.146. The number of H-pyrrole nitrogens is 1. The van der Waals surface area contributed by atoms with E-state index in [-0.39, 0.29) is 18.8 Å². The van der Waals surface area contributed by atoms with E-state index in [1.165, 1.54) is 7.11 Å². The maximum atomic E-state index is 13.7. The molecule has 3 amide bonds. The van der Waals surface area contributed by atoms with Gasteiger partial charge in [-0.2, -0.15) is 0 Å². The van der Waals surface area contributed by atoms with Crippen molar-refractivity contribution >= 4 is 34.8 Å². The third-order valence-electron chi connectivity index (χ3n) is 6.44. The van der Waals surface area contributed by atoms with Crippen molar-refractivity contribution in [2.24, 2.45) is 5.92 Å². The SMILES string of the molecule is COC(=O)[C@H](NC(=O)[C@@H](Cc1c[nH]c2ccccc12)NC(=O)[C@@H](Cc1ccccc1)NC(=O)OC(C)(C)C)C(C)C. The van der Waals surface area contributed by atoms with Crippen LogP contribution in [-0.4, -0.2) is 59.7 Å². The van der Waals surface area contributed by atoms with Crippen molar-refractivity contribution in [3.63, 3.8) is 0 Å². The first-order chi connectivity index (χ1) is 19.4. The van der Waals surface area contributed by atoms with E-state index in [1.807, 2.05) is 54.6 Å². The quantitative estimate of drug-likeness (QED) is 0.262. The molecule has 0 unspecified atom stereocenters. The number of fused-ring (bicyclic) bond motifs is 1. The molecule has 0 aliphatic rings. The van der Waals surface area contributed by atoms with Gasteiger partial charge >= 0.3 is 12.1 Å². The third kappa shape index (κ3) is 9.09. The fraction of sp³-hybridized carbons (Fsp3) is 0.419. The zero-order chi connectivity index (χ0) is 30.2. The molecule has 0 saturated carbocycles. The van der Waals surface area contributed by atoms with Gasteiger partial charge in [-0.15, -0.1) is 0 Å². The number of ether oxygens (including phenoxy) is 2. The van der Waals surface area contributed by atoms with E-state index in [4.69, 9.17) is 9.47 Å². The molecular weight excluding hydrogens is 524 g/mol. The summed E-state index contributed by atoms with van der Waals surface area (Å²) in [5, 5.41) is 9.12. The minimum atomic E-state index is -1.06. The second kappa shape index (κ2) is 13.8. The molecule has 0 aliphatic heterocycles. The van der Waals surface area contributed by atoms with Crippen molar-refractivity contribution in [2.45, 2.75) is 71.2 Å². The van der Waals surface area contributed by atoms with Crippen molar-refractivity contribution in [2.75, 3.05) is 7.11 Å². The van der Waals surface area contributed by atoms with E-state index in [2.05, 4.69) is 20.9 Å². The molecule has 3 aromatic rings. The number of aromatic nitrogens is 1. The van der Waals surface area contributed by atoms with E-state index in [1.54, 1.807) is 40.8 Å². The Labute approximate surface area is 240 Å². The number of hydrogen-bond donors (Lipinski definition) is 4. The van der Waals surface area contributed by atoms with Crippen LogP contribution in [0.1, 0.15) is 45.7 Å². The predicted molar refractivity (Wildman–Crippen MR) is 156 cm³/mol. The summed E-state index contributed by atoms with van der Waals surface area (Å²) in [5.41, 5.74) is 1.73. The first-order valence-electron chi connectivity index (χ1n) is 13.6. The molecule has 0 fully saturated rings. The highest BCUT2D eigenvalue weighted by atomic mass is 16.6. The van der Waals surface area contributed by atoms with Gasteiger partial charge in [-0.25, -0.2) is 9.59 Å². The average Bonchev–Trinajstić information content (AvgIpc) is 3.32. The number of carbonyl (C=O) groups is 4. The lowest BCUT2D eigenvalue weighted by Crippen LogP contribution is -2.57. The minimum absolute atomic E-state index is 0.137. The van der Waals surface area contributed by atoms with Crippen molar-refractivity contribution in [1.29, 1.82) is 0 Å². The van der Waals surface area contributed by atoms with Gasteiger partial charge in [-0.05, 0) is 43.9 Å². The number of benzene rings is 2. The molecule has 1 aromatic heterocycles. The van der Waals surface area contributed by atoms with Gasteiger partial charge in [-0.3, -0.25) is 9.59 Å². The molecule has 0 aliphatic carbocycles. The lowest BCUT2D eigenvalue weighted by Gasteiger charge is -2.27. The first kappa shape index (κ1) is 31.2. The molecule has 2 aromatic carbocycles. The predicted octanol–water partition coefficient (Wildman–Crippen LogP) is 3.65. The van der Waals surface area contributed by atoms with Gasteiger partial charge in [0.2, 0.25) is 11.8 Å². The molecule has 1 heterocycles. The molecule has 10 nitrogen and oxygen atoms in total. The van der Waals surface area contributed by atoms with Gasteiger partial charge in [0, 0.05) is 29.9 Å². The van der Waals surface area contributed by atoms with Gasteiger partial charge in [0.25, 0.3) is 0 Å². The number of amides is 3. The fourth-order valence-corrected chi connectivity index (χ4v) is 4.39. The van der Waals surface area contributed by atoms with Crippen molar-refractivity contribution < 1.29 is 28.7 Å². The Bertz CT molecular complexity index is 1350. The number of alkyl carbamates (subject to hydrolysis) is 1. The van der Waals surface area contributed by atoms with Crippen LogP contribution in [0.25, 0.3) is 10.9 Å². The summed E-state index contributed by atoms with van der Waals surface area (Å²) < 4.78 is 10.3. The van der Waals surface area contributed by atoms with Gasteiger partial charge in [-0.1, -0.05) is 62.4 Å². The zero-order valence-electron chi connectivity index (χ0n) is 24.4. The van der Waals surface area contributed by atoms with Gasteiger partial charge in [0.05, 0.1) is 7.11 Å². The third-order valence-corrected chi connectivity index (χ3v) is 6.44. The van der Waals surface area contributed by atoms with Crippen LogP contribution in [0.15, 0.2) is 60.8 Å². The monoisotopic (exact) mass is 564 g/mol. The van der Waals surface area contributed by atoms with Crippen LogP contribution in [0, 0.1) is 5.92 Å². The number of aromatic amines is 1. The first-order valence-corrected chi connectivity index (χ1v) is 13.6. The number of carbonyl (C=O) groups excluding carboxylic acids is 4. The maximum Gasteiger partial charge on any atom is 0.408 e. The van der Waals surface area contributed by atoms with Crippen LogP contribution in [0.5, 0.6) is 0 Å². The van der Waals surface area contributed by atoms with E-state index >= 15 is 0 Å². The Kier molecular flexibility index (Phi) is 10.5. The van der Waals surface area contributed by atoms with E-state index in [0.717, 1.165) is 22.0 Å². The van der Waals surface area contributed by atoms with Crippen LogP contribution in [0.2, 0.25) is 0 Å². The summed E-state index contributed by atoms with van der Waals surface area (Å²) in [6.07, 6.45) is 1.34. The number of para-hydroxylation sites is 1. The molecule has 41 heavy (non-hydrogen) atoms. The molecule has 3 atom stereocenters. The second-order valence-corrected chi connectivity index (χ2v) is 11.3. The van der Waals surface area contributed by atoms with Gasteiger partial charge < -0.3 is 30.4 Å². The number of hydrogen-bond acceptors (Lipinski definition) is 6. The number of esters is 1. The van der Waals surface area contributed by atoms with Crippen molar-refractivity contribution in [1.82, 2.24) is 20.9 Å². The van der Waals surface area contributed by atoms with E-state index in [0.29, 0.717) is 0 Å². The molecule has 10 heteroatoms. The average molecular weight is 565 g/mol. The molecule has 0 spiro atoms. The van der Waals surface area contributed by atoms with Crippen molar-refractivity contribution in [3.8, 4) is 0 Å². The Morgan fingerprint density at radius 3 is 2.07 bits per heavy atom. The normalized spacial score (nSPS) is 13.6. The highest BCUT2D eigenvalue weighted by Crippen LogP contribution is 2.20. The van der Waals surface area contributed by atoms with E-state index in [9.17, 15) is 19.2 Å². The smallest absolute Gasteiger partial charge is 0.408 e. The summed E-state index contributed by atoms with van der Waals surface area (Å²) >= 11 is 0. The summed E-state index contributed by atoms with van der Waals surface area (Å²) in [4.78, 5) is 55.5. The number of rotatable bonds is 11. The molecule has 0 bridgehead atoms. The van der Waals surface area contributed by atoms with Crippen LogP contribution in [0.4, 0.5) is 4.79 Å². The molecule has 0 saturated heterocycles. The highest BCUT2D eigenvalue weighted by molar-refractivity contribution is 5.94. The number of nitrogens with one attached hydrogen (secondary N) is 4. The topological polar surface area (TPSA) is 139 Å². The van der Waals surface area contributed by atoms with E-state index < -0.39 is 47.6 Å². The minimum Gasteiger partial charge on any atom is -0.467 e. The van der Waals surface area contributed by atoms with Crippen LogP contribution in [0.3, 0.4) is 0 Å². The highest BCUT2D eigenvalue weighted by Gasteiger charge is 2.32. The summed E-state index contributed by atoms with van der Waals surface area (Å²) in [7, 11) is 1.26. The maximum absolute atomic E-state index is 13.7. The summed E-state index contributed by atoms with van der Waals surface area (Å²) in [5.74, 6) is -1.96.